The zero-order chi connectivity index (χ0) is 20.7. The molecule has 150 valence electrons. The van der Waals surface area contributed by atoms with Gasteiger partial charge in [-0.15, -0.1) is 4.83 Å². The zero-order valence-electron chi connectivity index (χ0n) is 15.6. The summed E-state index contributed by atoms with van der Waals surface area (Å²) in [5.41, 5.74) is 7.79. The Morgan fingerprint density at radius 3 is 2.29 bits per heavy atom. The number of benzene rings is 1. The first-order chi connectivity index (χ1) is 13.2. The van der Waals surface area contributed by atoms with Crippen LogP contribution in [-0.4, -0.2) is 43.0 Å². The smallest absolute Gasteiger partial charge is 0.255 e. The van der Waals surface area contributed by atoms with Crippen LogP contribution in [0.25, 0.3) is 0 Å². The molecule has 1 atom stereocenters. The highest BCUT2D eigenvalue weighted by molar-refractivity contribution is 7.88. The van der Waals surface area contributed by atoms with Crippen LogP contribution in [-0.2, 0) is 14.8 Å². The first-order valence-electron chi connectivity index (χ1n) is 8.54. The largest absolute Gasteiger partial charge is 0.324 e. The fourth-order valence-electron chi connectivity index (χ4n) is 2.43. The lowest BCUT2D eigenvalue weighted by atomic mass is 10.0. The number of nitrogens with one attached hydrogen (secondary N) is 2. The number of carbonyl (C=O) groups is 2. The number of carbonyl (C=O) groups excluding carboxylic acids is 2. The Morgan fingerprint density at radius 2 is 1.75 bits per heavy atom. The molecule has 0 aliphatic heterocycles. The van der Waals surface area contributed by atoms with Gasteiger partial charge in [0.25, 0.3) is 5.91 Å². The van der Waals surface area contributed by atoms with E-state index in [2.05, 4.69) is 15.1 Å². The highest BCUT2D eigenvalue weighted by atomic mass is 32.2. The van der Waals surface area contributed by atoms with Crippen LogP contribution in [0.5, 0.6) is 0 Å². The molecule has 0 spiro atoms. The molecule has 2 amide bonds. The minimum Gasteiger partial charge on any atom is -0.324 e. The number of hydrazine groups is 1. The van der Waals surface area contributed by atoms with Crippen molar-refractivity contribution >= 4 is 27.5 Å². The third-order valence-electron chi connectivity index (χ3n) is 3.83. The summed E-state index contributed by atoms with van der Waals surface area (Å²) in [4.78, 5) is 30.5. The molecule has 28 heavy (non-hydrogen) atoms. The molecule has 0 fully saturated rings. The highest BCUT2D eigenvalue weighted by Crippen LogP contribution is 2.17. The number of rotatable bonds is 8. The van der Waals surface area contributed by atoms with Crippen molar-refractivity contribution in [3.63, 3.8) is 0 Å². The van der Waals surface area contributed by atoms with Crippen molar-refractivity contribution in [1.29, 1.82) is 0 Å². The molecule has 1 unspecified atom stereocenters. The summed E-state index contributed by atoms with van der Waals surface area (Å²) in [6.45, 7) is 1.82. The van der Waals surface area contributed by atoms with Gasteiger partial charge >= 0.3 is 0 Å². The molecule has 0 aliphatic carbocycles. The van der Waals surface area contributed by atoms with Crippen LogP contribution in [0.4, 0.5) is 5.69 Å². The van der Waals surface area contributed by atoms with E-state index in [1.54, 1.807) is 55.7 Å². The minimum atomic E-state index is -3.56. The zero-order valence-corrected chi connectivity index (χ0v) is 16.4. The topological polar surface area (TPSA) is 134 Å². The molecule has 0 saturated carbocycles. The van der Waals surface area contributed by atoms with Gasteiger partial charge in [0.2, 0.25) is 15.9 Å². The van der Waals surface area contributed by atoms with E-state index in [0.717, 1.165) is 11.3 Å². The number of hydrogen-bond acceptors (Lipinski definition) is 6. The summed E-state index contributed by atoms with van der Waals surface area (Å²) < 4.78 is 22.6. The second-order valence-corrected chi connectivity index (χ2v) is 7.85. The lowest BCUT2D eigenvalue weighted by Gasteiger charge is -2.22. The second-order valence-electron chi connectivity index (χ2n) is 6.12. The summed E-state index contributed by atoms with van der Waals surface area (Å²) in [6, 6.07) is 9.28. The first-order valence-corrected chi connectivity index (χ1v) is 10.4. The van der Waals surface area contributed by atoms with Gasteiger partial charge in [0.1, 0.15) is 0 Å². The maximum atomic E-state index is 12.3. The van der Waals surface area contributed by atoms with Crippen molar-refractivity contribution in [2.75, 3.05) is 18.1 Å². The van der Waals surface area contributed by atoms with Crippen LogP contribution >= 0.6 is 0 Å². The molecular weight excluding hydrogens is 382 g/mol. The Labute approximate surface area is 164 Å². The van der Waals surface area contributed by atoms with Crippen LogP contribution in [0.1, 0.15) is 35.3 Å². The molecule has 1 aromatic carbocycles. The Kier molecular flexibility index (Phi) is 7.21. The van der Waals surface area contributed by atoms with E-state index in [1.807, 2.05) is 0 Å². The maximum absolute atomic E-state index is 12.3. The number of pyridine rings is 1. The van der Waals surface area contributed by atoms with Crippen LogP contribution in [0.2, 0.25) is 0 Å². The van der Waals surface area contributed by atoms with Crippen molar-refractivity contribution < 1.29 is 18.0 Å². The van der Waals surface area contributed by atoms with Gasteiger partial charge in [-0.2, -0.15) is 0 Å². The number of sulfonamides is 1. The summed E-state index contributed by atoms with van der Waals surface area (Å²) in [6.07, 6.45) is 4.04. The van der Waals surface area contributed by atoms with Gasteiger partial charge in [-0.05, 0) is 36.8 Å². The van der Waals surface area contributed by atoms with E-state index in [4.69, 9.17) is 5.73 Å². The van der Waals surface area contributed by atoms with Crippen molar-refractivity contribution in [2.24, 2.45) is 5.73 Å². The lowest BCUT2D eigenvalue weighted by Crippen LogP contribution is -2.46. The summed E-state index contributed by atoms with van der Waals surface area (Å²) >= 11 is 0. The van der Waals surface area contributed by atoms with Gasteiger partial charge in [0.15, 0.2) is 0 Å². The van der Waals surface area contributed by atoms with Gasteiger partial charge < -0.3 is 11.1 Å². The number of hydrogen-bond donors (Lipinski definition) is 3. The quantitative estimate of drug-likeness (QED) is 0.562. The van der Waals surface area contributed by atoms with Gasteiger partial charge in [-0.1, -0.05) is 12.1 Å². The number of anilines is 1. The van der Waals surface area contributed by atoms with Gasteiger partial charge in [-0.3, -0.25) is 19.6 Å². The predicted octanol–water partition coefficient (Wildman–Crippen LogP) is 1.04. The molecule has 0 saturated heterocycles. The molecule has 4 N–H and O–H groups in total. The number of nitrogens with zero attached hydrogens (tertiary/aromatic N) is 2. The summed E-state index contributed by atoms with van der Waals surface area (Å²) in [5, 5.41) is 3.75. The molecule has 9 nitrogen and oxygen atoms in total. The van der Waals surface area contributed by atoms with Crippen molar-refractivity contribution in [3.8, 4) is 0 Å². The van der Waals surface area contributed by atoms with Crippen LogP contribution in [0.3, 0.4) is 0 Å². The van der Waals surface area contributed by atoms with Crippen molar-refractivity contribution in [3.05, 3.63) is 59.9 Å². The third kappa shape index (κ3) is 6.41. The van der Waals surface area contributed by atoms with Crippen molar-refractivity contribution in [1.82, 2.24) is 14.8 Å². The van der Waals surface area contributed by atoms with E-state index in [0.29, 0.717) is 16.8 Å². The summed E-state index contributed by atoms with van der Waals surface area (Å²) in [5.74, 6) is -0.725. The lowest BCUT2D eigenvalue weighted by molar-refractivity contribution is -0.132. The normalized spacial score (nSPS) is 12.2. The molecule has 10 heteroatoms. The maximum Gasteiger partial charge on any atom is 0.255 e. The van der Waals surface area contributed by atoms with Gasteiger partial charge in [-0.25, -0.2) is 8.42 Å². The molecule has 2 aromatic rings. The average molecular weight is 405 g/mol. The second kappa shape index (κ2) is 9.40. The number of amides is 2. The Hall–Kier alpha value is -2.82. The van der Waals surface area contributed by atoms with Crippen LogP contribution in [0, 0.1) is 0 Å². The highest BCUT2D eigenvalue weighted by Gasteiger charge is 2.20. The average Bonchev–Trinajstić information content (AvgIpc) is 2.66. The molecule has 1 aromatic heterocycles. The van der Waals surface area contributed by atoms with E-state index in [-0.39, 0.29) is 18.9 Å². The Morgan fingerprint density at radius 1 is 1.14 bits per heavy atom. The van der Waals surface area contributed by atoms with Crippen LogP contribution in [0.15, 0.2) is 48.8 Å². The monoisotopic (exact) mass is 405 g/mol. The fraction of sp³-hybridized carbons (Fsp3) is 0.278. The molecule has 0 bridgehead atoms. The Bertz CT molecular complexity index is 917. The standard InChI is InChI=1S/C18H23N5O4S/c1-3-23(22-28(2,26)27)17(24)12-16(19)13-4-6-14(7-5-13)18(25)21-15-8-10-20-11-9-15/h4-11,16,22H,3,12,19H2,1-2H3,(H,20,21,25). The van der Waals surface area contributed by atoms with Crippen molar-refractivity contribution in [2.45, 2.75) is 19.4 Å². The van der Waals surface area contributed by atoms with E-state index in [1.165, 1.54) is 0 Å². The molecule has 2 rings (SSSR count). The number of nitrogens with two attached hydrogens (primary N) is 1. The molecular formula is C18H23N5O4S. The Balaban J connectivity index is 2.00. The summed E-state index contributed by atoms with van der Waals surface area (Å²) in [7, 11) is -3.56. The van der Waals surface area contributed by atoms with E-state index in [9.17, 15) is 18.0 Å². The van der Waals surface area contributed by atoms with E-state index >= 15 is 0 Å². The first kappa shape index (κ1) is 21.5. The van der Waals surface area contributed by atoms with E-state index < -0.39 is 22.0 Å². The molecule has 0 radical (unpaired) electrons. The van der Waals surface area contributed by atoms with Gasteiger partial charge in [0.05, 0.1) is 6.26 Å². The molecule has 0 aliphatic rings. The predicted molar refractivity (Wildman–Crippen MR) is 106 cm³/mol. The molecule has 1 heterocycles. The van der Waals surface area contributed by atoms with Gasteiger partial charge in [0, 0.05) is 42.7 Å². The minimum absolute atomic E-state index is 0.0844. The SMILES string of the molecule is CCN(NS(C)(=O)=O)C(=O)CC(N)c1ccc(C(=O)Nc2ccncc2)cc1. The third-order valence-corrected chi connectivity index (χ3v) is 4.38. The fourth-order valence-corrected chi connectivity index (χ4v) is 3.06. The number of aromatic nitrogens is 1. The van der Waals surface area contributed by atoms with Crippen LogP contribution < -0.4 is 15.9 Å².